The van der Waals surface area contributed by atoms with Gasteiger partial charge in [-0.05, 0) is 11.1 Å². The van der Waals surface area contributed by atoms with Crippen molar-refractivity contribution < 1.29 is 14.4 Å². The molecule has 0 aromatic heterocycles. The van der Waals surface area contributed by atoms with Gasteiger partial charge in [-0.15, -0.1) is 0 Å². The molecule has 108 valence electrons. The molecule has 0 aliphatic carbocycles. The van der Waals surface area contributed by atoms with Crippen molar-refractivity contribution in [1.82, 2.24) is 5.48 Å². The number of hydrogen-bond acceptors (Lipinski definition) is 3. The molecule has 2 unspecified atom stereocenters. The van der Waals surface area contributed by atoms with Crippen LogP contribution in [0.3, 0.4) is 0 Å². The van der Waals surface area contributed by atoms with Gasteiger partial charge in [0, 0.05) is 0 Å². The Morgan fingerprint density at radius 3 is 2.00 bits per heavy atom. The number of amides is 1. The lowest BCUT2D eigenvalue weighted by atomic mass is 9.82. The molecule has 0 bridgehead atoms. The molecule has 2 aromatic carbocycles. The van der Waals surface area contributed by atoms with Gasteiger partial charge >= 0.3 is 0 Å². The molecular formula is C17H17NO3. The number of carbonyl (C=O) groups excluding carboxylic acids is 2. The van der Waals surface area contributed by atoms with E-state index in [0.29, 0.717) is 0 Å². The third-order valence-electron chi connectivity index (χ3n) is 3.33. The van der Waals surface area contributed by atoms with Crippen LogP contribution in [0.25, 0.3) is 0 Å². The maximum atomic E-state index is 12.3. The molecule has 2 rings (SSSR count). The first-order valence-electron chi connectivity index (χ1n) is 6.66. The van der Waals surface area contributed by atoms with Crippen LogP contribution in [0, 0.1) is 0 Å². The number of rotatable bonds is 6. The lowest BCUT2D eigenvalue weighted by Crippen LogP contribution is -2.32. The van der Waals surface area contributed by atoms with E-state index in [-0.39, 0.29) is 5.91 Å². The molecule has 0 heterocycles. The molecule has 0 fully saturated rings. The molecule has 0 radical (unpaired) electrons. The summed E-state index contributed by atoms with van der Waals surface area (Å²) in [5.74, 6) is -1.54. The van der Waals surface area contributed by atoms with Crippen LogP contribution >= 0.6 is 0 Å². The van der Waals surface area contributed by atoms with Gasteiger partial charge in [0.15, 0.2) is 0 Å². The second kappa shape index (κ2) is 7.36. The van der Waals surface area contributed by atoms with Crippen LogP contribution in [0.4, 0.5) is 0 Å². The van der Waals surface area contributed by atoms with E-state index in [0.717, 1.165) is 17.4 Å². The van der Waals surface area contributed by atoms with E-state index in [4.69, 9.17) is 4.84 Å². The molecule has 0 aliphatic rings. The molecule has 2 aromatic rings. The first-order valence-corrected chi connectivity index (χ1v) is 6.66. The summed E-state index contributed by atoms with van der Waals surface area (Å²) in [6.45, 7) is 0. The molecular weight excluding hydrogens is 266 g/mol. The summed E-state index contributed by atoms with van der Waals surface area (Å²) in [4.78, 5) is 28.7. The van der Waals surface area contributed by atoms with E-state index in [1.54, 1.807) is 0 Å². The Labute approximate surface area is 123 Å². The third kappa shape index (κ3) is 3.55. The quantitative estimate of drug-likeness (QED) is 0.654. The molecule has 2 atom stereocenters. The van der Waals surface area contributed by atoms with Crippen LogP contribution in [0.1, 0.15) is 23.0 Å². The van der Waals surface area contributed by atoms with Gasteiger partial charge in [-0.25, -0.2) is 5.48 Å². The Kier molecular flexibility index (Phi) is 5.23. The summed E-state index contributed by atoms with van der Waals surface area (Å²) in [6, 6.07) is 18.5. The van der Waals surface area contributed by atoms with Crippen molar-refractivity contribution in [3.8, 4) is 0 Å². The van der Waals surface area contributed by atoms with Crippen LogP contribution in [0.15, 0.2) is 60.7 Å². The second-order valence-corrected chi connectivity index (χ2v) is 4.63. The summed E-state index contributed by atoms with van der Waals surface area (Å²) in [5.41, 5.74) is 3.90. The number of carbonyl (C=O) groups is 2. The first-order chi connectivity index (χ1) is 10.3. The maximum absolute atomic E-state index is 12.3. The molecule has 1 N–H and O–H groups in total. The highest BCUT2D eigenvalue weighted by atomic mass is 16.6. The van der Waals surface area contributed by atoms with Gasteiger partial charge in [0.2, 0.25) is 0 Å². The molecule has 1 amide bonds. The van der Waals surface area contributed by atoms with Gasteiger partial charge in [-0.2, -0.15) is 0 Å². The molecule has 0 spiro atoms. The van der Waals surface area contributed by atoms with Gasteiger partial charge in [0.25, 0.3) is 5.91 Å². The standard InChI is InChI=1S/C17H17NO3/c1-21-18-17(20)16(14-10-6-3-7-11-14)15(12-19)13-8-4-2-5-9-13/h2-12,15-16H,1H3,(H,18,20). The topological polar surface area (TPSA) is 55.4 Å². The second-order valence-electron chi connectivity index (χ2n) is 4.63. The SMILES string of the molecule is CONC(=O)C(c1ccccc1)C(C=O)c1ccccc1. The van der Waals surface area contributed by atoms with Crippen LogP contribution in [-0.4, -0.2) is 19.3 Å². The zero-order valence-electron chi connectivity index (χ0n) is 11.7. The molecule has 4 nitrogen and oxygen atoms in total. The average molecular weight is 283 g/mol. The summed E-state index contributed by atoms with van der Waals surface area (Å²) in [7, 11) is 1.37. The minimum absolute atomic E-state index is 0.343. The zero-order valence-corrected chi connectivity index (χ0v) is 11.7. The Morgan fingerprint density at radius 1 is 1.00 bits per heavy atom. The normalized spacial score (nSPS) is 13.2. The summed E-state index contributed by atoms with van der Waals surface area (Å²) in [5, 5.41) is 0. The zero-order chi connectivity index (χ0) is 15.1. The van der Waals surface area contributed by atoms with Gasteiger partial charge in [0.05, 0.1) is 18.9 Å². The van der Waals surface area contributed by atoms with Crippen molar-refractivity contribution in [3.63, 3.8) is 0 Å². The van der Waals surface area contributed by atoms with Gasteiger partial charge in [0.1, 0.15) is 6.29 Å². The summed E-state index contributed by atoms with van der Waals surface area (Å²) >= 11 is 0. The predicted molar refractivity (Wildman–Crippen MR) is 79.6 cm³/mol. The van der Waals surface area contributed by atoms with Gasteiger partial charge in [-0.1, -0.05) is 60.7 Å². The van der Waals surface area contributed by atoms with Gasteiger partial charge in [-0.3, -0.25) is 9.63 Å². The van der Waals surface area contributed by atoms with E-state index >= 15 is 0 Å². The van der Waals surface area contributed by atoms with Crippen LogP contribution in [0.2, 0.25) is 0 Å². The van der Waals surface area contributed by atoms with Crippen LogP contribution in [0.5, 0.6) is 0 Å². The van der Waals surface area contributed by atoms with Crippen molar-refractivity contribution in [2.75, 3.05) is 7.11 Å². The molecule has 21 heavy (non-hydrogen) atoms. The van der Waals surface area contributed by atoms with Crippen molar-refractivity contribution in [2.45, 2.75) is 11.8 Å². The molecule has 4 heteroatoms. The van der Waals surface area contributed by atoms with E-state index in [1.165, 1.54) is 7.11 Å². The lowest BCUT2D eigenvalue weighted by Gasteiger charge is -2.22. The van der Waals surface area contributed by atoms with E-state index in [1.807, 2.05) is 60.7 Å². The fraction of sp³-hybridized carbons (Fsp3) is 0.176. The minimum Gasteiger partial charge on any atom is -0.303 e. The van der Waals surface area contributed by atoms with Crippen LogP contribution < -0.4 is 5.48 Å². The fourth-order valence-corrected chi connectivity index (χ4v) is 2.37. The van der Waals surface area contributed by atoms with E-state index in [9.17, 15) is 9.59 Å². The van der Waals surface area contributed by atoms with Crippen LogP contribution in [-0.2, 0) is 14.4 Å². The van der Waals surface area contributed by atoms with Crippen molar-refractivity contribution in [2.24, 2.45) is 0 Å². The number of aldehydes is 1. The Morgan fingerprint density at radius 2 is 1.52 bits per heavy atom. The Balaban J connectivity index is 2.43. The number of benzene rings is 2. The molecule has 0 saturated carbocycles. The minimum atomic E-state index is -0.633. The summed E-state index contributed by atoms with van der Waals surface area (Å²) in [6.07, 6.45) is 0.808. The monoisotopic (exact) mass is 283 g/mol. The highest BCUT2D eigenvalue weighted by Gasteiger charge is 2.31. The molecule has 0 aliphatic heterocycles. The van der Waals surface area contributed by atoms with E-state index in [2.05, 4.69) is 5.48 Å². The lowest BCUT2D eigenvalue weighted by molar-refractivity contribution is -0.134. The number of hydrogen-bond donors (Lipinski definition) is 1. The smallest absolute Gasteiger partial charge is 0.252 e. The predicted octanol–water partition coefficient (Wildman–Crippen LogP) is 2.43. The first kappa shape index (κ1) is 14.9. The third-order valence-corrected chi connectivity index (χ3v) is 3.33. The van der Waals surface area contributed by atoms with Crippen molar-refractivity contribution in [3.05, 3.63) is 71.8 Å². The maximum Gasteiger partial charge on any atom is 0.252 e. The van der Waals surface area contributed by atoms with Gasteiger partial charge < -0.3 is 4.79 Å². The molecule has 0 saturated heterocycles. The number of nitrogens with one attached hydrogen (secondary N) is 1. The highest BCUT2D eigenvalue weighted by molar-refractivity contribution is 5.88. The van der Waals surface area contributed by atoms with Crippen molar-refractivity contribution >= 4 is 12.2 Å². The average Bonchev–Trinajstić information content (AvgIpc) is 2.54. The van der Waals surface area contributed by atoms with Crippen molar-refractivity contribution in [1.29, 1.82) is 0 Å². The largest absolute Gasteiger partial charge is 0.303 e. The number of hydroxylamine groups is 1. The Bertz CT molecular complexity index is 583. The highest BCUT2D eigenvalue weighted by Crippen LogP contribution is 2.31. The fourth-order valence-electron chi connectivity index (χ4n) is 2.37. The Hall–Kier alpha value is -2.46. The summed E-state index contributed by atoms with van der Waals surface area (Å²) < 4.78 is 0. The van der Waals surface area contributed by atoms with E-state index < -0.39 is 11.8 Å².